The maximum Gasteiger partial charge on any atom is 0.142 e. The fraction of sp³-hybridized carbons (Fsp3) is 0.150. The zero-order chi connectivity index (χ0) is 17.5. The lowest BCUT2D eigenvalue weighted by molar-refractivity contribution is 0.842. The first-order valence-corrected chi connectivity index (χ1v) is 8.98. The molecule has 128 valence electrons. The van der Waals surface area contributed by atoms with Crippen LogP contribution in [0.1, 0.15) is 24.5 Å². The van der Waals surface area contributed by atoms with E-state index in [0.29, 0.717) is 10.9 Å². The molecule has 6 heteroatoms. The minimum absolute atomic E-state index is 0.561. The van der Waals surface area contributed by atoms with Crippen molar-refractivity contribution in [1.82, 2.24) is 19.7 Å². The molecule has 26 heavy (non-hydrogen) atoms. The second-order valence-corrected chi connectivity index (χ2v) is 6.92. The highest BCUT2D eigenvalue weighted by molar-refractivity contribution is 6.30. The van der Waals surface area contributed by atoms with E-state index in [4.69, 9.17) is 16.7 Å². The SMILES string of the molecule is Clc1ccc(-n2nc(C3CC3)cc2Nc2ncnc3ccccc23)cc1. The van der Waals surface area contributed by atoms with Crippen molar-refractivity contribution < 1.29 is 0 Å². The summed E-state index contributed by atoms with van der Waals surface area (Å²) in [5.41, 5.74) is 2.98. The van der Waals surface area contributed by atoms with Gasteiger partial charge in [-0.25, -0.2) is 14.6 Å². The molecule has 0 amide bonds. The second-order valence-electron chi connectivity index (χ2n) is 6.48. The van der Waals surface area contributed by atoms with Gasteiger partial charge < -0.3 is 5.32 Å². The standard InChI is InChI=1S/C20H16ClN5/c21-14-7-9-15(10-8-14)26-19(11-18(25-26)13-5-6-13)24-20-16-3-1-2-4-17(16)22-12-23-20/h1-4,7-13H,5-6H2,(H,22,23,24). The van der Waals surface area contributed by atoms with Gasteiger partial charge in [0.2, 0.25) is 0 Å². The summed E-state index contributed by atoms with van der Waals surface area (Å²) in [7, 11) is 0. The number of fused-ring (bicyclic) bond motifs is 1. The average molecular weight is 362 g/mol. The van der Waals surface area contributed by atoms with Crippen molar-refractivity contribution in [2.75, 3.05) is 5.32 Å². The Morgan fingerprint density at radius 2 is 1.81 bits per heavy atom. The van der Waals surface area contributed by atoms with Crippen LogP contribution in [0.2, 0.25) is 5.02 Å². The summed E-state index contributed by atoms with van der Waals surface area (Å²) >= 11 is 6.04. The predicted octanol–water partition coefficient (Wildman–Crippen LogP) is 5.09. The van der Waals surface area contributed by atoms with E-state index >= 15 is 0 Å². The van der Waals surface area contributed by atoms with Crippen LogP contribution in [-0.2, 0) is 0 Å². The van der Waals surface area contributed by atoms with E-state index in [1.54, 1.807) is 6.33 Å². The molecule has 0 spiro atoms. The number of benzene rings is 2. The molecule has 1 N–H and O–H groups in total. The van der Waals surface area contributed by atoms with Gasteiger partial charge in [0.1, 0.15) is 18.0 Å². The summed E-state index contributed by atoms with van der Waals surface area (Å²) in [6, 6.07) is 17.8. The molecular formula is C20H16ClN5. The fourth-order valence-electron chi connectivity index (χ4n) is 3.07. The molecule has 5 rings (SSSR count). The van der Waals surface area contributed by atoms with Crippen LogP contribution in [-0.4, -0.2) is 19.7 Å². The van der Waals surface area contributed by atoms with Crippen molar-refractivity contribution in [3.8, 4) is 5.69 Å². The molecule has 5 nitrogen and oxygen atoms in total. The number of rotatable bonds is 4. The molecule has 0 saturated heterocycles. The molecule has 0 atom stereocenters. The molecule has 2 aromatic heterocycles. The molecule has 0 unspecified atom stereocenters. The smallest absolute Gasteiger partial charge is 0.142 e. The zero-order valence-corrected chi connectivity index (χ0v) is 14.7. The molecule has 0 bridgehead atoms. The molecule has 4 aromatic rings. The van der Waals surface area contributed by atoms with E-state index in [0.717, 1.165) is 33.9 Å². The Morgan fingerprint density at radius 1 is 1.00 bits per heavy atom. The van der Waals surface area contributed by atoms with Crippen LogP contribution in [0, 0.1) is 0 Å². The van der Waals surface area contributed by atoms with Crippen LogP contribution in [0.25, 0.3) is 16.6 Å². The van der Waals surface area contributed by atoms with Gasteiger partial charge in [-0.3, -0.25) is 0 Å². The van der Waals surface area contributed by atoms with Crippen LogP contribution in [0.5, 0.6) is 0 Å². The van der Waals surface area contributed by atoms with Gasteiger partial charge in [-0.2, -0.15) is 5.10 Å². The Bertz CT molecular complexity index is 1080. The van der Waals surface area contributed by atoms with E-state index < -0.39 is 0 Å². The zero-order valence-electron chi connectivity index (χ0n) is 13.9. The maximum absolute atomic E-state index is 6.04. The third kappa shape index (κ3) is 2.80. The topological polar surface area (TPSA) is 55.6 Å². The number of hydrogen-bond donors (Lipinski definition) is 1. The highest BCUT2D eigenvalue weighted by Gasteiger charge is 2.27. The molecule has 0 radical (unpaired) electrons. The summed E-state index contributed by atoms with van der Waals surface area (Å²) in [5, 5.41) is 9.95. The molecule has 1 saturated carbocycles. The Balaban J connectivity index is 1.60. The average Bonchev–Trinajstić information content (AvgIpc) is 3.44. The minimum atomic E-state index is 0.561. The van der Waals surface area contributed by atoms with Crippen LogP contribution >= 0.6 is 11.6 Å². The molecule has 2 heterocycles. The lowest BCUT2D eigenvalue weighted by Gasteiger charge is -2.11. The largest absolute Gasteiger partial charge is 0.324 e. The highest BCUT2D eigenvalue weighted by atomic mass is 35.5. The fourth-order valence-corrected chi connectivity index (χ4v) is 3.20. The number of anilines is 2. The third-order valence-electron chi connectivity index (χ3n) is 4.58. The molecule has 1 aliphatic carbocycles. The first-order chi connectivity index (χ1) is 12.8. The van der Waals surface area contributed by atoms with Crippen molar-refractivity contribution in [3.05, 3.63) is 71.6 Å². The van der Waals surface area contributed by atoms with Crippen molar-refractivity contribution >= 4 is 34.1 Å². The quantitative estimate of drug-likeness (QED) is 0.550. The Kier molecular flexibility index (Phi) is 3.60. The number of nitrogens with zero attached hydrogens (tertiary/aromatic N) is 4. The predicted molar refractivity (Wildman–Crippen MR) is 103 cm³/mol. The third-order valence-corrected chi connectivity index (χ3v) is 4.84. The van der Waals surface area contributed by atoms with E-state index in [1.165, 1.54) is 12.8 Å². The van der Waals surface area contributed by atoms with Gasteiger partial charge in [0.25, 0.3) is 0 Å². The Morgan fingerprint density at radius 3 is 2.62 bits per heavy atom. The highest BCUT2D eigenvalue weighted by Crippen LogP contribution is 2.41. The summed E-state index contributed by atoms with van der Waals surface area (Å²) in [6.07, 6.45) is 3.98. The summed E-state index contributed by atoms with van der Waals surface area (Å²) in [4.78, 5) is 8.77. The maximum atomic E-state index is 6.04. The number of para-hydroxylation sites is 1. The van der Waals surface area contributed by atoms with Crippen molar-refractivity contribution in [3.63, 3.8) is 0 Å². The molecule has 1 aliphatic rings. The molecular weight excluding hydrogens is 346 g/mol. The molecule has 0 aliphatic heterocycles. The number of hydrogen-bond acceptors (Lipinski definition) is 4. The normalized spacial score (nSPS) is 13.9. The monoisotopic (exact) mass is 361 g/mol. The minimum Gasteiger partial charge on any atom is -0.324 e. The van der Waals surface area contributed by atoms with Crippen LogP contribution in [0.15, 0.2) is 60.9 Å². The van der Waals surface area contributed by atoms with Gasteiger partial charge in [-0.1, -0.05) is 23.7 Å². The van der Waals surface area contributed by atoms with E-state index in [9.17, 15) is 0 Å². The summed E-state index contributed by atoms with van der Waals surface area (Å²) in [6.45, 7) is 0. The van der Waals surface area contributed by atoms with Gasteiger partial charge in [0.05, 0.1) is 16.9 Å². The van der Waals surface area contributed by atoms with Crippen molar-refractivity contribution in [1.29, 1.82) is 0 Å². The van der Waals surface area contributed by atoms with Crippen LogP contribution < -0.4 is 5.32 Å². The first kappa shape index (κ1) is 15.3. The van der Waals surface area contributed by atoms with Crippen LogP contribution in [0.4, 0.5) is 11.6 Å². The first-order valence-electron chi connectivity index (χ1n) is 8.60. The van der Waals surface area contributed by atoms with Crippen molar-refractivity contribution in [2.45, 2.75) is 18.8 Å². The Hall–Kier alpha value is -2.92. The number of aromatic nitrogens is 4. The lowest BCUT2D eigenvalue weighted by Crippen LogP contribution is -2.04. The molecule has 1 fully saturated rings. The Labute approximate surface area is 155 Å². The van der Waals surface area contributed by atoms with E-state index in [1.807, 2.05) is 53.2 Å². The number of nitrogens with one attached hydrogen (secondary N) is 1. The second kappa shape index (κ2) is 6.11. The molecule has 2 aromatic carbocycles. The van der Waals surface area contributed by atoms with Gasteiger partial charge in [0, 0.05) is 22.4 Å². The van der Waals surface area contributed by atoms with E-state index in [2.05, 4.69) is 21.4 Å². The van der Waals surface area contributed by atoms with Gasteiger partial charge in [0.15, 0.2) is 0 Å². The van der Waals surface area contributed by atoms with Gasteiger partial charge in [-0.05, 0) is 49.2 Å². The lowest BCUT2D eigenvalue weighted by atomic mass is 10.2. The van der Waals surface area contributed by atoms with Gasteiger partial charge >= 0.3 is 0 Å². The van der Waals surface area contributed by atoms with Crippen molar-refractivity contribution in [2.24, 2.45) is 0 Å². The van der Waals surface area contributed by atoms with Gasteiger partial charge in [-0.15, -0.1) is 0 Å². The van der Waals surface area contributed by atoms with E-state index in [-0.39, 0.29) is 0 Å². The summed E-state index contributed by atoms with van der Waals surface area (Å²) in [5.74, 6) is 2.22. The van der Waals surface area contributed by atoms with Crippen LogP contribution in [0.3, 0.4) is 0 Å². The summed E-state index contributed by atoms with van der Waals surface area (Å²) < 4.78 is 1.92. The number of halogens is 1.